The van der Waals surface area contributed by atoms with Crippen molar-refractivity contribution in [2.24, 2.45) is 0 Å². The molecule has 30 valence electrons. The standard InChI is InChI=1S/C6.6Li/c1-2-4-6-5-3-1;;;;;;. The molecule has 0 heterocycles. The third-order valence-electron chi connectivity index (χ3n) is 3.38. The van der Waals surface area contributed by atoms with E-state index in [9.17, 15) is 0 Å². The molecule has 0 spiro atoms. The fraction of sp³-hybridized carbons (Fsp3) is 0. The summed E-state index contributed by atoms with van der Waals surface area (Å²) >= 11 is 13.3. The molecular formula is C6Li6. The molecule has 0 bridgehead atoms. The molecule has 0 unspecified atom stereocenters. The third-order valence-corrected chi connectivity index (χ3v) is 3.38. The van der Waals surface area contributed by atoms with Crippen molar-refractivity contribution in [3.63, 3.8) is 0 Å². The molecule has 0 aliphatic rings. The average Bonchev–Trinajstić information content (AvgIpc) is 2.08. The first-order valence-electron chi connectivity index (χ1n) is 4.50. The number of hydrogen-bond acceptors (Lipinski definition) is 0. The molecule has 1 aromatic rings. The summed E-state index contributed by atoms with van der Waals surface area (Å²) in [6.45, 7) is 0. The van der Waals surface area contributed by atoms with E-state index >= 15 is 0 Å². The van der Waals surface area contributed by atoms with Gasteiger partial charge in [-0.1, -0.05) is 0 Å². The zero-order valence-electron chi connectivity index (χ0n) is 9.00. The Labute approximate surface area is 129 Å². The minimum absolute atomic E-state index is 1.45. The monoisotopic (exact) mass is 114 g/mol. The summed E-state index contributed by atoms with van der Waals surface area (Å²) < 4.78 is 8.73. The van der Waals surface area contributed by atoms with Gasteiger partial charge in [0.05, 0.1) is 0 Å². The Morgan fingerprint density at radius 3 is 0.500 bits per heavy atom. The van der Waals surface area contributed by atoms with Gasteiger partial charge in [0.2, 0.25) is 0 Å². The van der Waals surface area contributed by atoms with Crippen LogP contribution in [-0.2, 0) is 0 Å². The molecule has 6 heteroatoms. The van der Waals surface area contributed by atoms with E-state index in [4.69, 9.17) is 0 Å². The van der Waals surface area contributed by atoms with Crippen molar-refractivity contribution >= 4 is 132 Å². The summed E-state index contributed by atoms with van der Waals surface area (Å²) in [5.41, 5.74) is 0. The molecular weight excluding hydrogens is 114 g/mol. The second kappa shape index (κ2) is 5.23. The molecule has 0 aliphatic heterocycles. The Bertz CT molecular complexity index is 226. The fourth-order valence-corrected chi connectivity index (χ4v) is 1.69. The van der Waals surface area contributed by atoms with Crippen LogP contribution in [0.1, 0.15) is 0 Å². The Kier molecular flexibility index (Phi) is 5.61. The molecule has 0 saturated heterocycles. The van der Waals surface area contributed by atoms with Gasteiger partial charge in [0.1, 0.15) is 0 Å². The zero-order valence-corrected chi connectivity index (χ0v) is 9.00. The summed E-state index contributed by atoms with van der Waals surface area (Å²) in [7, 11) is 0. The van der Waals surface area contributed by atoms with E-state index in [2.05, 4.69) is 106 Å². The van der Waals surface area contributed by atoms with Crippen molar-refractivity contribution < 1.29 is 0 Å². The van der Waals surface area contributed by atoms with Crippen LogP contribution in [0.4, 0.5) is 0 Å². The van der Waals surface area contributed by atoms with Crippen LogP contribution in [0.3, 0.4) is 0 Å². The van der Waals surface area contributed by atoms with Gasteiger partial charge in [-0.05, 0) is 0 Å². The van der Waals surface area contributed by atoms with E-state index in [1.54, 1.807) is 0 Å². The van der Waals surface area contributed by atoms with Crippen molar-refractivity contribution in [3.8, 4) is 0 Å². The van der Waals surface area contributed by atoms with Crippen LogP contribution < -0.4 is 25.4 Å². The molecule has 1 rings (SSSR count). The van der Waals surface area contributed by atoms with Crippen molar-refractivity contribution in [2.45, 2.75) is 0 Å². The minimum atomic E-state index is 1.45. The molecule has 0 radical (unpaired) electrons. The summed E-state index contributed by atoms with van der Waals surface area (Å²) in [4.78, 5) is 0. The maximum absolute atomic E-state index is 2.21. The zero-order chi connectivity index (χ0) is 9.46. The van der Waals surface area contributed by atoms with Gasteiger partial charge in [-0.25, -0.2) is 0 Å². The van der Waals surface area contributed by atoms with Crippen LogP contribution in [0.15, 0.2) is 0 Å². The number of hydrogen-bond donors (Lipinski definition) is 0. The van der Waals surface area contributed by atoms with Crippen LogP contribution in [0.5, 0.6) is 0 Å². The molecule has 0 aromatic heterocycles. The average molecular weight is 114 g/mol. The molecule has 0 aliphatic carbocycles. The quantitative estimate of drug-likeness (QED) is 0.295. The van der Waals surface area contributed by atoms with Gasteiger partial charge in [0.15, 0.2) is 0 Å². The van der Waals surface area contributed by atoms with Crippen molar-refractivity contribution in [2.75, 3.05) is 0 Å². The van der Waals surface area contributed by atoms with Gasteiger partial charge < -0.3 is 0 Å². The topological polar surface area (TPSA) is 0 Å². The summed E-state index contributed by atoms with van der Waals surface area (Å²) in [5, 5.41) is 0. The van der Waals surface area contributed by atoms with Crippen LogP contribution >= 0.6 is 0 Å². The van der Waals surface area contributed by atoms with Crippen molar-refractivity contribution in [1.82, 2.24) is 0 Å². The van der Waals surface area contributed by atoms with E-state index in [-0.39, 0.29) is 0 Å². The predicted molar refractivity (Wildman–Crippen MR) is 58.8 cm³/mol. The Morgan fingerprint density at radius 2 is 0.417 bits per heavy atom. The second-order valence-corrected chi connectivity index (χ2v) is 3.75. The molecule has 0 amide bonds. The first-order valence-corrected chi connectivity index (χ1v) is 4.50. The predicted octanol–water partition coefficient (Wildman–Crippen LogP) is -5.55. The van der Waals surface area contributed by atoms with Gasteiger partial charge in [-0.3, -0.25) is 0 Å². The Balaban J connectivity index is 3.60. The summed E-state index contributed by atoms with van der Waals surface area (Å²) in [6.07, 6.45) is 0. The van der Waals surface area contributed by atoms with Crippen LogP contribution in [0, 0.1) is 0 Å². The molecule has 0 nitrogen and oxygen atoms in total. The van der Waals surface area contributed by atoms with Crippen molar-refractivity contribution in [3.05, 3.63) is 0 Å². The van der Waals surface area contributed by atoms with Gasteiger partial charge >= 0.3 is 132 Å². The van der Waals surface area contributed by atoms with Gasteiger partial charge in [0, 0.05) is 0 Å². The molecule has 0 saturated carbocycles. The van der Waals surface area contributed by atoms with E-state index in [0.717, 1.165) is 0 Å². The van der Waals surface area contributed by atoms with E-state index in [1.807, 2.05) is 0 Å². The normalized spacial score (nSPS) is 11.0. The number of benzene rings is 1. The van der Waals surface area contributed by atoms with Gasteiger partial charge in [0.25, 0.3) is 0 Å². The van der Waals surface area contributed by atoms with Crippen molar-refractivity contribution in [1.29, 1.82) is 0 Å². The molecule has 12 heavy (non-hydrogen) atoms. The molecule has 1 aromatic carbocycles. The molecule has 0 atom stereocenters. The van der Waals surface area contributed by atoms with Crippen LogP contribution in [-0.4, -0.2) is 106 Å². The first-order chi connectivity index (χ1) is 5.46. The fourth-order valence-electron chi connectivity index (χ4n) is 1.69. The van der Waals surface area contributed by atoms with E-state index in [0.29, 0.717) is 0 Å². The first kappa shape index (κ1) is 12.9. The third kappa shape index (κ3) is 2.48. The van der Waals surface area contributed by atoms with Gasteiger partial charge in [-0.15, -0.1) is 0 Å². The SMILES string of the molecule is [Li][c]1[c]([Li])[c]([Li])[c]([Li])[c]([Li])[c]1[Li]. The maximum atomic E-state index is 2.21. The van der Waals surface area contributed by atoms with Crippen LogP contribution in [0.2, 0.25) is 0 Å². The summed E-state index contributed by atoms with van der Waals surface area (Å²) in [6, 6.07) is 0. The Hall–Kier alpha value is 2.80. The second-order valence-electron chi connectivity index (χ2n) is 3.75. The Morgan fingerprint density at radius 1 is 0.333 bits per heavy atom. The summed E-state index contributed by atoms with van der Waals surface area (Å²) in [5.74, 6) is 0. The number of rotatable bonds is 0. The van der Waals surface area contributed by atoms with E-state index < -0.39 is 0 Å². The molecule has 0 fully saturated rings. The van der Waals surface area contributed by atoms with Gasteiger partial charge in [-0.2, -0.15) is 0 Å². The van der Waals surface area contributed by atoms with Crippen LogP contribution in [0.25, 0.3) is 0 Å². The molecule has 0 N–H and O–H groups in total. The van der Waals surface area contributed by atoms with E-state index in [1.165, 1.54) is 25.4 Å².